The van der Waals surface area contributed by atoms with Crippen LogP contribution < -0.4 is 11.1 Å². The molecular weight excluding hydrogens is 242 g/mol. The maximum atomic E-state index is 12.1. The molecule has 1 aromatic rings. The van der Waals surface area contributed by atoms with Crippen LogP contribution in [-0.4, -0.2) is 36.3 Å². The van der Waals surface area contributed by atoms with Gasteiger partial charge in [-0.25, -0.2) is 0 Å². The number of hydrogen-bond acceptors (Lipinski definition) is 3. The number of hydrogen-bond donors (Lipinski definition) is 2. The second-order valence-corrected chi connectivity index (χ2v) is 4.87. The number of nitrogens with one attached hydrogen (secondary N) is 1. The van der Waals surface area contributed by atoms with E-state index in [0.717, 1.165) is 31.6 Å². The first kappa shape index (κ1) is 13.5. The van der Waals surface area contributed by atoms with Crippen LogP contribution in [0.25, 0.3) is 0 Å². The predicted octanol–water partition coefficient (Wildman–Crippen LogP) is 0.822. The number of piperidine rings is 1. The van der Waals surface area contributed by atoms with E-state index >= 15 is 0 Å². The Hall–Kier alpha value is -1.88. The van der Waals surface area contributed by atoms with Crippen molar-refractivity contribution in [2.75, 3.05) is 25.0 Å². The van der Waals surface area contributed by atoms with Crippen LogP contribution in [0, 0.1) is 5.92 Å². The molecule has 0 bridgehead atoms. The topological polar surface area (TPSA) is 75.4 Å². The first-order valence-corrected chi connectivity index (χ1v) is 6.52. The van der Waals surface area contributed by atoms with Gasteiger partial charge >= 0.3 is 0 Å². The Morgan fingerprint density at radius 3 is 2.42 bits per heavy atom. The van der Waals surface area contributed by atoms with Gasteiger partial charge in [-0.1, -0.05) is 18.2 Å². The quantitative estimate of drug-likeness (QED) is 0.842. The van der Waals surface area contributed by atoms with Crippen LogP contribution >= 0.6 is 0 Å². The lowest BCUT2D eigenvalue weighted by Gasteiger charge is -2.30. The van der Waals surface area contributed by atoms with E-state index < -0.39 is 0 Å². The zero-order valence-electron chi connectivity index (χ0n) is 10.8. The van der Waals surface area contributed by atoms with Gasteiger partial charge in [-0.15, -0.1) is 0 Å². The molecule has 0 atom stereocenters. The Morgan fingerprint density at radius 1 is 1.21 bits per heavy atom. The van der Waals surface area contributed by atoms with Crippen molar-refractivity contribution >= 4 is 17.5 Å². The summed E-state index contributed by atoms with van der Waals surface area (Å²) in [5.74, 6) is -0.235. The monoisotopic (exact) mass is 261 g/mol. The fourth-order valence-electron chi connectivity index (χ4n) is 2.34. The van der Waals surface area contributed by atoms with Gasteiger partial charge in [-0.2, -0.15) is 0 Å². The summed E-state index contributed by atoms with van der Waals surface area (Å²) < 4.78 is 0. The zero-order valence-corrected chi connectivity index (χ0v) is 10.8. The van der Waals surface area contributed by atoms with Gasteiger partial charge in [-0.05, 0) is 38.1 Å². The lowest BCUT2D eigenvalue weighted by molar-refractivity contribution is -0.122. The van der Waals surface area contributed by atoms with Crippen LogP contribution in [0.3, 0.4) is 0 Å². The van der Waals surface area contributed by atoms with Gasteiger partial charge in [0.05, 0.1) is 6.54 Å². The molecule has 0 aliphatic carbocycles. The second kappa shape index (κ2) is 6.33. The van der Waals surface area contributed by atoms with E-state index in [-0.39, 0.29) is 24.3 Å². The molecule has 0 spiro atoms. The molecule has 5 nitrogen and oxygen atoms in total. The summed E-state index contributed by atoms with van der Waals surface area (Å²) in [4.78, 5) is 24.9. The van der Waals surface area contributed by atoms with Crippen LogP contribution in [0.4, 0.5) is 5.69 Å². The van der Waals surface area contributed by atoms with Gasteiger partial charge in [0.15, 0.2) is 0 Å². The van der Waals surface area contributed by atoms with Crippen LogP contribution in [-0.2, 0) is 9.59 Å². The minimum absolute atomic E-state index is 0.0179. The van der Waals surface area contributed by atoms with Crippen molar-refractivity contribution in [2.24, 2.45) is 11.7 Å². The Bertz CT molecular complexity index is 439. The molecule has 1 aromatic carbocycles. The average molecular weight is 261 g/mol. The molecule has 1 aliphatic rings. The molecule has 102 valence electrons. The highest BCUT2D eigenvalue weighted by molar-refractivity contribution is 5.92. The van der Waals surface area contributed by atoms with Crippen molar-refractivity contribution < 1.29 is 9.59 Å². The maximum Gasteiger partial charge on any atom is 0.231 e. The SMILES string of the molecule is NC(=O)CN1CCC(C(=O)Nc2ccccc2)CC1. The van der Waals surface area contributed by atoms with Crippen LogP contribution in [0.5, 0.6) is 0 Å². The molecule has 19 heavy (non-hydrogen) atoms. The van der Waals surface area contributed by atoms with Crippen molar-refractivity contribution in [3.63, 3.8) is 0 Å². The van der Waals surface area contributed by atoms with E-state index in [4.69, 9.17) is 5.73 Å². The minimum atomic E-state index is -0.313. The fourth-order valence-corrected chi connectivity index (χ4v) is 2.34. The van der Waals surface area contributed by atoms with Crippen molar-refractivity contribution in [3.05, 3.63) is 30.3 Å². The summed E-state index contributed by atoms with van der Waals surface area (Å²) in [6.07, 6.45) is 1.54. The molecule has 0 unspecified atom stereocenters. The van der Waals surface area contributed by atoms with Gasteiger partial charge in [0.25, 0.3) is 0 Å². The van der Waals surface area contributed by atoms with E-state index in [1.165, 1.54) is 0 Å². The maximum absolute atomic E-state index is 12.1. The summed E-state index contributed by atoms with van der Waals surface area (Å²) in [6.45, 7) is 1.78. The Morgan fingerprint density at radius 2 is 1.84 bits per heavy atom. The third-order valence-electron chi connectivity index (χ3n) is 3.38. The number of benzene rings is 1. The molecule has 1 saturated heterocycles. The highest BCUT2D eigenvalue weighted by atomic mass is 16.2. The van der Waals surface area contributed by atoms with Crippen molar-refractivity contribution in [1.82, 2.24) is 4.90 Å². The molecule has 1 fully saturated rings. The largest absolute Gasteiger partial charge is 0.369 e. The van der Waals surface area contributed by atoms with E-state index in [2.05, 4.69) is 5.32 Å². The van der Waals surface area contributed by atoms with Gasteiger partial charge < -0.3 is 11.1 Å². The summed E-state index contributed by atoms with van der Waals surface area (Å²) >= 11 is 0. The highest BCUT2D eigenvalue weighted by Gasteiger charge is 2.25. The Labute approximate surface area is 112 Å². The summed E-state index contributed by atoms with van der Waals surface area (Å²) in [6, 6.07) is 9.45. The molecule has 1 heterocycles. The lowest BCUT2D eigenvalue weighted by Crippen LogP contribution is -2.42. The number of nitrogens with zero attached hydrogens (tertiary/aromatic N) is 1. The number of carbonyl (C=O) groups excluding carboxylic acids is 2. The average Bonchev–Trinajstić information content (AvgIpc) is 2.40. The normalized spacial score (nSPS) is 17.1. The molecule has 2 rings (SSSR count). The first-order valence-electron chi connectivity index (χ1n) is 6.52. The van der Waals surface area contributed by atoms with Gasteiger partial charge in [0.1, 0.15) is 0 Å². The predicted molar refractivity (Wildman–Crippen MR) is 73.4 cm³/mol. The molecule has 1 aliphatic heterocycles. The van der Waals surface area contributed by atoms with Gasteiger partial charge in [0.2, 0.25) is 11.8 Å². The molecule has 2 amide bonds. The number of anilines is 1. The third kappa shape index (κ3) is 4.06. The summed E-state index contributed by atoms with van der Waals surface area (Å²) in [5, 5.41) is 2.92. The first-order chi connectivity index (χ1) is 9.15. The number of primary amides is 1. The fraction of sp³-hybridized carbons (Fsp3) is 0.429. The smallest absolute Gasteiger partial charge is 0.231 e. The number of carbonyl (C=O) groups is 2. The standard InChI is InChI=1S/C14H19N3O2/c15-13(18)10-17-8-6-11(7-9-17)14(19)16-12-4-2-1-3-5-12/h1-5,11H,6-10H2,(H2,15,18)(H,16,19). The number of likely N-dealkylation sites (tertiary alicyclic amines) is 1. The lowest BCUT2D eigenvalue weighted by atomic mass is 9.96. The molecule has 5 heteroatoms. The van der Waals surface area contributed by atoms with Crippen LogP contribution in [0.2, 0.25) is 0 Å². The van der Waals surface area contributed by atoms with E-state index in [0.29, 0.717) is 0 Å². The third-order valence-corrected chi connectivity index (χ3v) is 3.38. The van der Waals surface area contributed by atoms with Crippen LogP contribution in [0.15, 0.2) is 30.3 Å². The van der Waals surface area contributed by atoms with Gasteiger partial charge in [-0.3, -0.25) is 14.5 Å². The molecular formula is C14H19N3O2. The van der Waals surface area contributed by atoms with Crippen LogP contribution in [0.1, 0.15) is 12.8 Å². The Balaban J connectivity index is 1.81. The molecule has 0 radical (unpaired) electrons. The molecule has 0 saturated carbocycles. The van der Waals surface area contributed by atoms with Crippen molar-refractivity contribution in [1.29, 1.82) is 0 Å². The summed E-state index contributed by atoms with van der Waals surface area (Å²) in [5.41, 5.74) is 5.99. The Kier molecular flexibility index (Phi) is 4.52. The molecule has 0 aromatic heterocycles. The van der Waals surface area contributed by atoms with Crippen molar-refractivity contribution in [3.8, 4) is 0 Å². The van der Waals surface area contributed by atoms with E-state index in [1.807, 2.05) is 35.2 Å². The zero-order chi connectivity index (χ0) is 13.7. The second-order valence-electron chi connectivity index (χ2n) is 4.87. The van der Waals surface area contributed by atoms with Crippen molar-refractivity contribution in [2.45, 2.75) is 12.8 Å². The number of rotatable bonds is 4. The van der Waals surface area contributed by atoms with Gasteiger partial charge in [0, 0.05) is 11.6 Å². The summed E-state index contributed by atoms with van der Waals surface area (Å²) in [7, 11) is 0. The number of nitrogens with two attached hydrogens (primary N) is 1. The molecule has 3 N–H and O–H groups in total. The minimum Gasteiger partial charge on any atom is -0.369 e. The highest BCUT2D eigenvalue weighted by Crippen LogP contribution is 2.19. The van der Waals surface area contributed by atoms with E-state index in [9.17, 15) is 9.59 Å². The van der Waals surface area contributed by atoms with E-state index in [1.54, 1.807) is 0 Å². The number of para-hydroxylation sites is 1. The number of amides is 2.